The Kier molecular flexibility index (Phi) is 8.97. The second kappa shape index (κ2) is 9.44. The lowest BCUT2D eigenvalue weighted by molar-refractivity contribution is -0.148. The topological polar surface area (TPSA) is 26.3 Å². The van der Waals surface area contributed by atoms with E-state index in [-0.39, 0.29) is 11.9 Å². The zero-order valence-electron chi connectivity index (χ0n) is 11.2. The third-order valence-corrected chi connectivity index (χ3v) is 2.59. The van der Waals surface area contributed by atoms with Crippen LogP contribution in [0.15, 0.2) is 11.6 Å². The maximum absolute atomic E-state index is 11.7. The molecule has 0 aromatic rings. The molecule has 94 valence electrons. The van der Waals surface area contributed by atoms with Crippen molar-refractivity contribution in [2.45, 2.75) is 59.8 Å². The molecule has 16 heavy (non-hydrogen) atoms. The molecule has 1 atom stereocenters. The highest BCUT2D eigenvalue weighted by molar-refractivity contribution is 5.72. The molecule has 2 heteroatoms. The van der Waals surface area contributed by atoms with Crippen molar-refractivity contribution in [1.82, 2.24) is 0 Å². The Bertz CT molecular complexity index is 215. The van der Waals surface area contributed by atoms with Crippen LogP contribution in [0.4, 0.5) is 0 Å². The van der Waals surface area contributed by atoms with Gasteiger partial charge in [0, 0.05) is 0 Å². The summed E-state index contributed by atoms with van der Waals surface area (Å²) in [6.45, 7) is 8.65. The highest BCUT2D eigenvalue weighted by atomic mass is 16.5. The number of esters is 1. The van der Waals surface area contributed by atoms with Crippen molar-refractivity contribution in [3.63, 3.8) is 0 Å². The van der Waals surface area contributed by atoms with Gasteiger partial charge in [-0.1, -0.05) is 37.8 Å². The summed E-state index contributed by atoms with van der Waals surface area (Å²) in [4.78, 5) is 11.7. The Labute approximate surface area is 100 Å². The van der Waals surface area contributed by atoms with Gasteiger partial charge in [0.25, 0.3) is 0 Å². The maximum Gasteiger partial charge on any atom is 0.309 e. The average molecular weight is 226 g/mol. The number of carbonyl (C=O) groups excluding carboxylic acids is 1. The van der Waals surface area contributed by atoms with Gasteiger partial charge in [0.1, 0.15) is 0 Å². The van der Waals surface area contributed by atoms with Gasteiger partial charge < -0.3 is 4.74 Å². The van der Waals surface area contributed by atoms with E-state index in [4.69, 9.17) is 4.74 Å². The number of unbranched alkanes of at least 4 members (excludes halogenated alkanes) is 2. The second-order valence-electron chi connectivity index (χ2n) is 4.46. The minimum Gasteiger partial charge on any atom is -0.466 e. The van der Waals surface area contributed by atoms with Gasteiger partial charge in [-0.3, -0.25) is 4.79 Å². The van der Waals surface area contributed by atoms with Gasteiger partial charge in [-0.25, -0.2) is 0 Å². The van der Waals surface area contributed by atoms with Crippen LogP contribution < -0.4 is 0 Å². The summed E-state index contributed by atoms with van der Waals surface area (Å²) in [6, 6.07) is 0. The summed E-state index contributed by atoms with van der Waals surface area (Å²) >= 11 is 0. The number of hydrogen-bond donors (Lipinski definition) is 0. The van der Waals surface area contributed by atoms with E-state index < -0.39 is 0 Å². The summed E-state index contributed by atoms with van der Waals surface area (Å²) in [5, 5.41) is 0. The van der Waals surface area contributed by atoms with Crippen molar-refractivity contribution < 1.29 is 9.53 Å². The molecular formula is C14H26O2. The van der Waals surface area contributed by atoms with Crippen molar-refractivity contribution in [2.75, 3.05) is 6.61 Å². The molecule has 0 saturated carbocycles. The Morgan fingerprint density at radius 1 is 1.25 bits per heavy atom. The van der Waals surface area contributed by atoms with Crippen molar-refractivity contribution in [1.29, 1.82) is 0 Å². The molecule has 0 heterocycles. The quantitative estimate of drug-likeness (QED) is 0.354. The van der Waals surface area contributed by atoms with Crippen LogP contribution in [0.25, 0.3) is 0 Å². The molecule has 0 N–H and O–H groups in total. The molecule has 0 radical (unpaired) electrons. The Hall–Kier alpha value is -0.790. The van der Waals surface area contributed by atoms with Gasteiger partial charge in [-0.05, 0) is 33.6 Å². The summed E-state index contributed by atoms with van der Waals surface area (Å²) in [5.74, 6) is 0.0255. The first-order valence-corrected chi connectivity index (χ1v) is 6.41. The van der Waals surface area contributed by atoms with Gasteiger partial charge >= 0.3 is 5.97 Å². The first-order chi connectivity index (χ1) is 7.61. The SMILES string of the molecule is CCCCCC(CC=C(C)C)C(=O)OCC. The van der Waals surface area contributed by atoms with Gasteiger partial charge in [-0.15, -0.1) is 0 Å². The summed E-state index contributed by atoms with van der Waals surface area (Å²) < 4.78 is 5.10. The highest BCUT2D eigenvalue weighted by Crippen LogP contribution is 2.17. The Balaban J connectivity index is 4.15. The Morgan fingerprint density at radius 3 is 2.44 bits per heavy atom. The van der Waals surface area contributed by atoms with E-state index in [0.29, 0.717) is 6.61 Å². The summed E-state index contributed by atoms with van der Waals surface area (Å²) in [6.07, 6.45) is 7.42. The molecule has 0 spiro atoms. The fraction of sp³-hybridized carbons (Fsp3) is 0.786. The lowest BCUT2D eigenvalue weighted by Crippen LogP contribution is -2.17. The number of allylic oxidation sites excluding steroid dienone is 2. The van der Waals surface area contributed by atoms with Gasteiger partial charge in [0.05, 0.1) is 12.5 Å². The molecule has 0 aromatic carbocycles. The molecule has 2 nitrogen and oxygen atoms in total. The summed E-state index contributed by atoms with van der Waals surface area (Å²) in [7, 11) is 0. The van der Waals surface area contributed by atoms with E-state index in [2.05, 4.69) is 26.8 Å². The predicted octanol–water partition coefficient (Wildman–Crippen LogP) is 4.10. The van der Waals surface area contributed by atoms with Crippen molar-refractivity contribution in [2.24, 2.45) is 5.92 Å². The molecule has 0 saturated heterocycles. The number of carbonyl (C=O) groups is 1. The van der Waals surface area contributed by atoms with Crippen LogP contribution in [0, 0.1) is 5.92 Å². The minimum absolute atomic E-state index is 0.0314. The van der Waals surface area contributed by atoms with E-state index in [9.17, 15) is 4.79 Å². The lowest BCUT2D eigenvalue weighted by Gasteiger charge is -2.13. The van der Waals surface area contributed by atoms with E-state index in [1.165, 1.54) is 18.4 Å². The van der Waals surface area contributed by atoms with Crippen LogP contribution in [-0.2, 0) is 9.53 Å². The van der Waals surface area contributed by atoms with Gasteiger partial charge in [0.2, 0.25) is 0 Å². The first kappa shape index (κ1) is 15.2. The molecule has 0 aliphatic heterocycles. The van der Waals surface area contributed by atoms with E-state index in [0.717, 1.165) is 19.3 Å². The van der Waals surface area contributed by atoms with E-state index in [1.807, 2.05) is 6.92 Å². The predicted molar refractivity (Wildman–Crippen MR) is 68.3 cm³/mol. The molecule has 0 rings (SSSR count). The average Bonchev–Trinajstić information content (AvgIpc) is 2.23. The molecular weight excluding hydrogens is 200 g/mol. The lowest BCUT2D eigenvalue weighted by atomic mass is 9.97. The third-order valence-electron chi connectivity index (χ3n) is 2.59. The van der Waals surface area contributed by atoms with Crippen LogP contribution in [-0.4, -0.2) is 12.6 Å². The minimum atomic E-state index is -0.0314. The largest absolute Gasteiger partial charge is 0.466 e. The number of rotatable bonds is 8. The molecule has 0 bridgehead atoms. The van der Waals surface area contributed by atoms with E-state index >= 15 is 0 Å². The Morgan fingerprint density at radius 2 is 1.94 bits per heavy atom. The molecule has 1 unspecified atom stereocenters. The molecule has 0 aliphatic rings. The fourth-order valence-corrected chi connectivity index (χ4v) is 1.61. The first-order valence-electron chi connectivity index (χ1n) is 6.41. The molecule has 0 aliphatic carbocycles. The zero-order valence-corrected chi connectivity index (χ0v) is 11.2. The standard InChI is InChI=1S/C14H26O2/c1-5-7-8-9-13(11-10-12(3)4)14(15)16-6-2/h10,13H,5-9,11H2,1-4H3. The van der Waals surface area contributed by atoms with Gasteiger partial charge in [0.15, 0.2) is 0 Å². The normalized spacial score (nSPS) is 12.0. The molecule has 0 fully saturated rings. The second-order valence-corrected chi connectivity index (χ2v) is 4.46. The smallest absolute Gasteiger partial charge is 0.309 e. The van der Waals surface area contributed by atoms with Crippen LogP contribution >= 0.6 is 0 Å². The fourth-order valence-electron chi connectivity index (χ4n) is 1.61. The van der Waals surface area contributed by atoms with Crippen LogP contribution in [0.2, 0.25) is 0 Å². The maximum atomic E-state index is 11.7. The molecule has 0 amide bonds. The van der Waals surface area contributed by atoms with Crippen LogP contribution in [0.3, 0.4) is 0 Å². The number of ether oxygens (including phenoxy) is 1. The zero-order chi connectivity index (χ0) is 12.4. The van der Waals surface area contributed by atoms with Crippen molar-refractivity contribution in [3.05, 3.63) is 11.6 Å². The molecule has 0 aromatic heterocycles. The van der Waals surface area contributed by atoms with Crippen molar-refractivity contribution >= 4 is 5.97 Å². The van der Waals surface area contributed by atoms with Gasteiger partial charge in [-0.2, -0.15) is 0 Å². The van der Waals surface area contributed by atoms with Crippen LogP contribution in [0.5, 0.6) is 0 Å². The monoisotopic (exact) mass is 226 g/mol. The highest BCUT2D eigenvalue weighted by Gasteiger charge is 2.17. The van der Waals surface area contributed by atoms with E-state index in [1.54, 1.807) is 0 Å². The third kappa shape index (κ3) is 7.49. The number of hydrogen-bond acceptors (Lipinski definition) is 2. The van der Waals surface area contributed by atoms with Crippen LogP contribution in [0.1, 0.15) is 59.8 Å². The summed E-state index contributed by atoms with van der Waals surface area (Å²) in [5.41, 5.74) is 1.27. The van der Waals surface area contributed by atoms with Crippen molar-refractivity contribution in [3.8, 4) is 0 Å².